The Morgan fingerprint density at radius 1 is 1.50 bits per heavy atom. The SMILES string of the molecule is CN(C)C(CCc1ccc2ncoc2c1)C(=O)O. The Morgan fingerprint density at radius 2 is 2.28 bits per heavy atom. The molecule has 0 fully saturated rings. The third-order valence-corrected chi connectivity index (χ3v) is 3.01. The fraction of sp³-hybridized carbons (Fsp3) is 0.385. The average Bonchev–Trinajstić information content (AvgIpc) is 2.75. The summed E-state index contributed by atoms with van der Waals surface area (Å²) in [6.07, 6.45) is 2.68. The van der Waals surface area contributed by atoms with E-state index in [4.69, 9.17) is 9.52 Å². The molecule has 0 amide bonds. The standard InChI is InChI=1S/C13H16N2O3/c1-15(2)11(13(16)17)6-4-9-3-5-10-12(7-9)18-8-14-10/h3,5,7-8,11H,4,6H2,1-2H3,(H,16,17). The van der Waals surface area contributed by atoms with E-state index in [-0.39, 0.29) is 0 Å². The summed E-state index contributed by atoms with van der Waals surface area (Å²) >= 11 is 0. The smallest absolute Gasteiger partial charge is 0.320 e. The first-order valence-corrected chi connectivity index (χ1v) is 5.79. The molecule has 1 N–H and O–H groups in total. The largest absolute Gasteiger partial charge is 0.480 e. The van der Waals surface area contributed by atoms with E-state index >= 15 is 0 Å². The molecule has 1 aromatic heterocycles. The maximum atomic E-state index is 11.1. The molecule has 0 saturated carbocycles. The van der Waals surface area contributed by atoms with E-state index in [0.29, 0.717) is 12.8 Å². The number of oxazole rings is 1. The van der Waals surface area contributed by atoms with Gasteiger partial charge in [0.1, 0.15) is 11.6 Å². The zero-order valence-corrected chi connectivity index (χ0v) is 10.5. The number of benzene rings is 1. The van der Waals surface area contributed by atoms with E-state index in [1.165, 1.54) is 6.39 Å². The minimum atomic E-state index is -0.791. The van der Waals surface area contributed by atoms with Crippen LogP contribution in [0.5, 0.6) is 0 Å². The lowest BCUT2D eigenvalue weighted by molar-refractivity contribution is -0.142. The van der Waals surface area contributed by atoms with Crippen molar-refractivity contribution in [1.29, 1.82) is 0 Å². The molecule has 0 radical (unpaired) electrons. The zero-order valence-electron chi connectivity index (χ0n) is 10.5. The quantitative estimate of drug-likeness (QED) is 0.873. The molecule has 0 aliphatic carbocycles. The van der Waals surface area contributed by atoms with Crippen LogP contribution in [-0.2, 0) is 11.2 Å². The van der Waals surface area contributed by atoms with Crippen molar-refractivity contribution in [3.8, 4) is 0 Å². The minimum Gasteiger partial charge on any atom is -0.480 e. The Bertz CT molecular complexity index is 548. The highest BCUT2D eigenvalue weighted by atomic mass is 16.4. The van der Waals surface area contributed by atoms with Crippen molar-refractivity contribution in [3.63, 3.8) is 0 Å². The van der Waals surface area contributed by atoms with Crippen molar-refractivity contribution in [2.24, 2.45) is 0 Å². The molecule has 0 aliphatic heterocycles. The average molecular weight is 248 g/mol. The van der Waals surface area contributed by atoms with Crippen LogP contribution in [0.1, 0.15) is 12.0 Å². The topological polar surface area (TPSA) is 66.6 Å². The Hall–Kier alpha value is -1.88. The van der Waals surface area contributed by atoms with E-state index in [2.05, 4.69) is 4.98 Å². The Morgan fingerprint density at radius 3 is 2.94 bits per heavy atom. The highest BCUT2D eigenvalue weighted by Crippen LogP contribution is 2.16. The molecule has 18 heavy (non-hydrogen) atoms. The molecule has 2 rings (SSSR count). The van der Waals surface area contributed by atoms with E-state index in [0.717, 1.165) is 16.7 Å². The number of aliphatic carboxylic acids is 1. The molecule has 96 valence electrons. The van der Waals surface area contributed by atoms with Gasteiger partial charge in [0.05, 0.1) is 0 Å². The van der Waals surface area contributed by atoms with Crippen LogP contribution in [0.2, 0.25) is 0 Å². The van der Waals surface area contributed by atoms with Gasteiger partial charge in [-0.3, -0.25) is 9.69 Å². The van der Waals surface area contributed by atoms with Gasteiger partial charge >= 0.3 is 5.97 Å². The van der Waals surface area contributed by atoms with Gasteiger partial charge in [0, 0.05) is 0 Å². The zero-order chi connectivity index (χ0) is 13.1. The summed E-state index contributed by atoms with van der Waals surface area (Å²) in [6, 6.07) is 5.30. The molecule has 5 nitrogen and oxygen atoms in total. The first kappa shape index (κ1) is 12.6. The van der Waals surface area contributed by atoms with E-state index < -0.39 is 12.0 Å². The van der Waals surface area contributed by atoms with Gasteiger partial charge in [-0.2, -0.15) is 0 Å². The van der Waals surface area contributed by atoms with Gasteiger partial charge < -0.3 is 9.52 Å². The van der Waals surface area contributed by atoms with Crippen LogP contribution < -0.4 is 0 Å². The molecular formula is C13H16N2O3. The lowest BCUT2D eigenvalue weighted by Crippen LogP contribution is -2.35. The molecule has 0 bridgehead atoms. The van der Waals surface area contributed by atoms with Gasteiger partial charge in [-0.25, -0.2) is 4.98 Å². The van der Waals surface area contributed by atoms with Crippen LogP contribution in [0.4, 0.5) is 0 Å². The number of carboxylic acids is 1. The van der Waals surface area contributed by atoms with Crippen LogP contribution >= 0.6 is 0 Å². The third-order valence-electron chi connectivity index (χ3n) is 3.01. The number of aryl methyl sites for hydroxylation is 1. The number of nitrogens with zero attached hydrogens (tertiary/aromatic N) is 2. The number of fused-ring (bicyclic) bond motifs is 1. The van der Waals surface area contributed by atoms with Crippen LogP contribution in [0, 0.1) is 0 Å². The van der Waals surface area contributed by atoms with Crippen LogP contribution in [0.25, 0.3) is 11.1 Å². The monoisotopic (exact) mass is 248 g/mol. The van der Waals surface area contributed by atoms with Crippen molar-refractivity contribution >= 4 is 17.1 Å². The number of hydrogen-bond donors (Lipinski definition) is 1. The van der Waals surface area contributed by atoms with Gasteiger partial charge in [-0.1, -0.05) is 6.07 Å². The Balaban J connectivity index is 2.06. The predicted molar refractivity (Wildman–Crippen MR) is 67.4 cm³/mol. The van der Waals surface area contributed by atoms with Crippen molar-refractivity contribution < 1.29 is 14.3 Å². The van der Waals surface area contributed by atoms with E-state index in [1.54, 1.807) is 19.0 Å². The number of aromatic nitrogens is 1. The second kappa shape index (κ2) is 5.18. The fourth-order valence-electron chi connectivity index (χ4n) is 1.96. The highest BCUT2D eigenvalue weighted by Gasteiger charge is 2.19. The molecular weight excluding hydrogens is 232 g/mol. The lowest BCUT2D eigenvalue weighted by Gasteiger charge is -2.19. The molecule has 1 unspecified atom stereocenters. The molecule has 0 saturated heterocycles. The van der Waals surface area contributed by atoms with Crippen molar-refractivity contribution in [2.75, 3.05) is 14.1 Å². The van der Waals surface area contributed by atoms with E-state index in [1.807, 2.05) is 18.2 Å². The predicted octanol–water partition coefficient (Wildman–Crippen LogP) is 1.78. The van der Waals surface area contributed by atoms with Gasteiger partial charge in [0.25, 0.3) is 0 Å². The molecule has 5 heteroatoms. The van der Waals surface area contributed by atoms with Crippen LogP contribution in [0.3, 0.4) is 0 Å². The van der Waals surface area contributed by atoms with E-state index in [9.17, 15) is 4.79 Å². The molecule has 1 aromatic carbocycles. The molecule has 2 aromatic rings. The van der Waals surface area contributed by atoms with Crippen molar-refractivity contribution in [1.82, 2.24) is 9.88 Å². The second-order valence-electron chi connectivity index (χ2n) is 4.51. The number of likely N-dealkylation sites (N-methyl/N-ethyl adjacent to an activating group) is 1. The molecule has 1 heterocycles. The van der Waals surface area contributed by atoms with Crippen molar-refractivity contribution in [2.45, 2.75) is 18.9 Å². The Labute approximate surface area is 105 Å². The Kier molecular flexibility index (Phi) is 3.62. The summed E-state index contributed by atoms with van der Waals surface area (Å²) in [7, 11) is 3.55. The number of carbonyl (C=O) groups is 1. The van der Waals surface area contributed by atoms with Gasteiger partial charge in [0.2, 0.25) is 0 Å². The summed E-state index contributed by atoms with van der Waals surface area (Å²) in [5.41, 5.74) is 2.62. The minimum absolute atomic E-state index is 0.463. The summed E-state index contributed by atoms with van der Waals surface area (Å²) in [6.45, 7) is 0. The van der Waals surface area contributed by atoms with Crippen molar-refractivity contribution in [3.05, 3.63) is 30.2 Å². The maximum absolute atomic E-state index is 11.1. The summed E-state index contributed by atoms with van der Waals surface area (Å²) in [5, 5.41) is 9.09. The van der Waals surface area contributed by atoms with Gasteiger partial charge in [-0.15, -0.1) is 0 Å². The highest BCUT2D eigenvalue weighted by molar-refractivity contribution is 5.74. The second-order valence-corrected chi connectivity index (χ2v) is 4.51. The normalized spacial score (nSPS) is 13.1. The summed E-state index contributed by atoms with van der Waals surface area (Å²) in [5.74, 6) is -0.791. The maximum Gasteiger partial charge on any atom is 0.320 e. The number of rotatable bonds is 5. The number of carboxylic acid groups (broad SMARTS) is 1. The van der Waals surface area contributed by atoms with Gasteiger partial charge in [-0.05, 0) is 44.6 Å². The molecule has 1 atom stereocenters. The van der Waals surface area contributed by atoms with Crippen LogP contribution in [0.15, 0.2) is 29.0 Å². The first-order chi connectivity index (χ1) is 8.58. The molecule has 0 spiro atoms. The fourth-order valence-corrected chi connectivity index (χ4v) is 1.96. The third kappa shape index (κ3) is 2.68. The lowest BCUT2D eigenvalue weighted by atomic mass is 10.0. The molecule has 0 aliphatic rings. The first-order valence-electron chi connectivity index (χ1n) is 5.79. The van der Waals surface area contributed by atoms with Gasteiger partial charge in [0.15, 0.2) is 12.0 Å². The summed E-state index contributed by atoms with van der Waals surface area (Å²) in [4.78, 5) is 16.8. The summed E-state index contributed by atoms with van der Waals surface area (Å²) < 4.78 is 5.22. The van der Waals surface area contributed by atoms with Crippen LogP contribution in [-0.4, -0.2) is 41.1 Å². The number of hydrogen-bond acceptors (Lipinski definition) is 4.